The summed E-state index contributed by atoms with van der Waals surface area (Å²) in [5.74, 6) is -0.868. The van der Waals surface area contributed by atoms with E-state index in [2.05, 4.69) is 5.32 Å². The topological polar surface area (TPSA) is 84.9 Å². The van der Waals surface area contributed by atoms with Gasteiger partial charge in [0.25, 0.3) is 11.8 Å². The maximum Gasteiger partial charge on any atom is 0.354 e. The number of carbonyl (C=O) groups is 3. The Morgan fingerprint density at radius 1 is 0.946 bits per heavy atom. The first kappa shape index (κ1) is 24.6. The molecule has 2 aliphatic heterocycles. The van der Waals surface area contributed by atoms with Crippen molar-refractivity contribution in [1.82, 2.24) is 10.2 Å². The summed E-state index contributed by atoms with van der Waals surface area (Å²) >= 11 is 1.52. The predicted molar refractivity (Wildman–Crippen MR) is 140 cm³/mol. The maximum absolute atomic E-state index is 14.0. The molecule has 2 amide bonds. The number of ether oxygens (including phenoxy) is 2. The van der Waals surface area contributed by atoms with Gasteiger partial charge in [-0.2, -0.15) is 0 Å². The Balaban J connectivity index is 1.54. The molecule has 8 heteroatoms. The molecule has 3 atom stereocenters. The lowest BCUT2D eigenvalue weighted by atomic mass is 9.79. The molecular weight excluding hydrogens is 488 g/mol. The molecule has 0 aromatic heterocycles. The quantitative estimate of drug-likeness (QED) is 0.376. The first-order valence-corrected chi connectivity index (χ1v) is 12.8. The van der Waals surface area contributed by atoms with Gasteiger partial charge in [-0.25, -0.2) is 4.79 Å². The molecule has 37 heavy (non-hydrogen) atoms. The molecule has 1 unspecified atom stereocenters. The molecule has 2 aliphatic rings. The van der Waals surface area contributed by atoms with Crippen molar-refractivity contribution in [3.63, 3.8) is 0 Å². The Kier molecular flexibility index (Phi) is 6.76. The van der Waals surface area contributed by atoms with E-state index in [1.54, 1.807) is 12.1 Å². The van der Waals surface area contributed by atoms with Crippen LogP contribution in [0.4, 0.5) is 0 Å². The Morgan fingerprint density at radius 2 is 1.54 bits per heavy atom. The van der Waals surface area contributed by atoms with Crippen molar-refractivity contribution in [2.24, 2.45) is 0 Å². The smallest absolute Gasteiger partial charge is 0.354 e. The fourth-order valence-corrected chi connectivity index (χ4v) is 6.56. The van der Waals surface area contributed by atoms with Crippen LogP contribution in [-0.4, -0.2) is 41.8 Å². The van der Waals surface area contributed by atoms with Crippen molar-refractivity contribution in [3.05, 3.63) is 113 Å². The molecule has 3 aromatic carbocycles. The van der Waals surface area contributed by atoms with Crippen LogP contribution in [0.1, 0.15) is 23.3 Å². The monoisotopic (exact) mass is 514 g/mol. The molecule has 1 saturated heterocycles. The number of amides is 2. The van der Waals surface area contributed by atoms with Gasteiger partial charge in [-0.3, -0.25) is 14.5 Å². The molecule has 0 bridgehead atoms. The van der Waals surface area contributed by atoms with Crippen LogP contribution in [0.15, 0.2) is 102 Å². The second-order valence-corrected chi connectivity index (χ2v) is 9.99. The van der Waals surface area contributed by atoms with E-state index in [0.29, 0.717) is 11.3 Å². The third-order valence-corrected chi connectivity index (χ3v) is 8.31. The van der Waals surface area contributed by atoms with Crippen LogP contribution in [0.25, 0.3) is 0 Å². The summed E-state index contributed by atoms with van der Waals surface area (Å²) in [6.45, 7) is 1.58. The number of methoxy groups -OCH3 is 1. The van der Waals surface area contributed by atoms with Crippen LogP contribution in [0.2, 0.25) is 0 Å². The van der Waals surface area contributed by atoms with Gasteiger partial charge in [0.2, 0.25) is 0 Å². The number of para-hydroxylation sites is 1. The zero-order valence-electron chi connectivity index (χ0n) is 20.4. The highest BCUT2D eigenvalue weighted by atomic mass is 32.2. The first-order valence-electron chi connectivity index (χ1n) is 11.8. The minimum absolute atomic E-state index is 0.214. The number of hydrogen-bond acceptors (Lipinski definition) is 6. The number of β-lactam (4-membered cyclic amide) rings is 1. The fraction of sp³-hybridized carbons (Fsp3) is 0.207. The van der Waals surface area contributed by atoms with Gasteiger partial charge in [-0.15, -0.1) is 11.8 Å². The van der Waals surface area contributed by atoms with Gasteiger partial charge in [0.1, 0.15) is 16.8 Å². The summed E-state index contributed by atoms with van der Waals surface area (Å²) < 4.78 is 10.7. The Hall–Kier alpha value is -4.04. The lowest BCUT2D eigenvalue weighted by Crippen LogP contribution is -2.77. The van der Waals surface area contributed by atoms with Crippen molar-refractivity contribution in [2.75, 3.05) is 13.7 Å². The number of thioether (sulfide) groups is 1. The molecule has 188 valence electrons. The van der Waals surface area contributed by atoms with Crippen LogP contribution in [0, 0.1) is 0 Å². The Labute approximate surface area is 219 Å². The summed E-state index contributed by atoms with van der Waals surface area (Å²) in [5, 5.41) is 2.18. The summed E-state index contributed by atoms with van der Waals surface area (Å²) in [6, 6.07) is 27.9. The number of fused-ring (bicyclic) bond motifs is 1. The van der Waals surface area contributed by atoms with Gasteiger partial charge in [0.15, 0.2) is 12.1 Å². The van der Waals surface area contributed by atoms with Crippen LogP contribution < -0.4 is 10.1 Å². The van der Waals surface area contributed by atoms with Gasteiger partial charge < -0.3 is 14.8 Å². The van der Waals surface area contributed by atoms with Crippen molar-refractivity contribution < 1.29 is 23.9 Å². The minimum Gasteiger partial charge on any atom is -0.484 e. The standard InChI is InChI=1S/C29H26N2O5S/c1-19-24(26(33)35-2)31-27(34)29(21-14-8-4-9-15-21,28(31)37-25(19)20-12-6-3-7-13-20)30-23(32)18-36-22-16-10-5-11-17-22/h3-17,25,28H,18H2,1-2H3,(H,30,32)/t25?,28-,29+/m0/s1. The predicted octanol–water partition coefficient (Wildman–Crippen LogP) is 4.18. The lowest BCUT2D eigenvalue weighted by Gasteiger charge is -2.58. The fourth-order valence-electron chi connectivity index (χ4n) is 4.84. The van der Waals surface area contributed by atoms with E-state index >= 15 is 0 Å². The number of nitrogens with zero attached hydrogens (tertiary/aromatic N) is 1. The normalized spacial score (nSPS) is 22.5. The largest absolute Gasteiger partial charge is 0.484 e. The molecule has 5 rings (SSSR count). The second kappa shape index (κ2) is 10.1. The third-order valence-electron chi connectivity index (χ3n) is 6.59. The number of benzene rings is 3. The van der Waals surface area contributed by atoms with E-state index in [9.17, 15) is 14.4 Å². The van der Waals surface area contributed by atoms with E-state index < -0.39 is 28.7 Å². The molecule has 3 aromatic rings. The average molecular weight is 515 g/mol. The Bertz CT molecular complexity index is 1350. The molecule has 7 nitrogen and oxygen atoms in total. The minimum atomic E-state index is -1.38. The number of rotatable bonds is 7. The Morgan fingerprint density at radius 3 is 2.16 bits per heavy atom. The summed E-state index contributed by atoms with van der Waals surface area (Å²) in [5.41, 5.74) is 1.19. The van der Waals surface area contributed by atoms with E-state index in [1.807, 2.05) is 85.8 Å². The first-order chi connectivity index (χ1) is 18.0. The molecule has 0 aliphatic carbocycles. The van der Waals surface area contributed by atoms with Gasteiger partial charge in [0, 0.05) is 0 Å². The van der Waals surface area contributed by atoms with Crippen molar-refractivity contribution in [1.29, 1.82) is 0 Å². The number of hydrogen-bond donors (Lipinski definition) is 1. The van der Waals surface area contributed by atoms with E-state index in [0.717, 1.165) is 11.1 Å². The third kappa shape index (κ3) is 4.27. The average Bonchev–Trinajstić information content (AvgIpc) is 2.95. The van der Waals surface area contributed by atoms with Crippen LogP contribution in [0.5, 0.6) is 5.75 Å². The van der Waals surface area contributed by atoms with Gasteiger partial charge in [-0.05, 0) is 35.8 Å². The zero-order valence-corrected chi connectivity index (χ0v) is 21.2. The molecule has 0 saturated carbocycles. The SMILES string of the molecule is COC(=O)C1=C(C)C(c2ccccc2)S[C@@H]2N1C(=O)[C@]2(NC(=O)COc1ccccc1)c1ccccc1. The lowest BCUT2D eigenvalue weighted by molar-refractivity contribution is -0.161. The molecule has 0 spiro atoms. The molecule has 1 fully saturated rings. The van der Waals surface area contributed by atoms with Gasteiger partial charge in [0.05, 0.1) is 12.4 Å². The highest BCUT2D eigenvalue weighted by Gasteiger charge is 2.67. The highest BCUT2D eigenvalue weighted by molar-refractivity contribution is 8.00. The van der Waals surface area contributed by atoms with Crippen LogP contribution in [0.3, 0.4) is 0 Å². The summed E-state index contributed by atoms with van der Waals surface area (Å²) in [6.07, 6.45) is 0. The molecule has 2 heterocycles. The second-order valence-electron chi connectivity index (χ2n) is 8.80. The van der Waals surface area contributed by atoms with Crippen LogP contribution >= 0.6 is 11.8 Å². The van der Waals surface area contributed by atoms with E-state index in [-0.39, 0.29) is 17.6 Å². The molecular formula is C29H26N2O5S. The van der Waals surface area contributed by atoms with Gasteiger partial charge >= 0.3 is 5.97 Å². The van der Waals surface area contributed by atoms with Crippen molar-refractivity contribution >= 4 is 29.5 Å². The van der Waals surface area contributed by atoms with E-state index in [1.165, 1.54) is 23.8 Å². The maximum atomic E-state index is 14.0. The summed E-state index contributed by atoms with van der Waals surface area (Å²) in [7, 11) is 1.30. The van der Waals surface area contributed by atoms with Gasteiger partial charge in [-0.1, -0.05) is 78.9 Å². The molecule has 1 N–H and O–H groups in total. The summed E-state index contributed by atoms with van der Waals surface area (Å²) in [4.78, 5) is 41.5. The zero-order chi connectivity index (χ0) is 26.0. The van der Waals surface area contributed by atoms with Crippen LogP contribution in [-0.2, 0) is 24.7 Å². The number of esters is 1. The number of carbonyl (C=O) groups excluding carboxylic acids is 3. The number of nitrogens with one attached hydrogen (secondary N) is 1. The van der Waals surface area contributed by atoms with E-state index in [4.69, 9.17) is 9.47 Å². The highest BCUT2D eigenvalue weighted by Crippen LogP contribution is 2.57. The van der Waals surface area contributed by atoms with Crippen molar-refractivity contribution in [2.45, 2.75) is 23.1 Å². The van der Waals surface area contributed by atoms with Crippen molar-refractivity contribution in [3.8, 4) is 5.75 Å². The molecule has 0 radical (unpaired) electrons.